The smallest absolute Gasteiger partial charge is 0.214 e. The first-order valence-corrected chi connectivity index (χ1v) is 8.88. The monoisotopic (exact) mass is 375 g/mol. The van der Waals surface area contributed by atoms with Crippen molar-refractivity contribution in [1.82, 2.24) is 9.97 Å². The van der Waals surface area contributed by atoms with Gasteiger partial charge in [0.1, 0.15) is 11.6 Å². The topological polar surface area (TPSA) is 79.4 Å². The van der Waals surface area contributed by atoms with E-state index in [1.165, 1.54) is 0 Å². The van der Waals surface area contributed by atoms with Crippen LogP contribution in [-0.4, -0.2) is 42.7 Å². The minimum absolute atomic E-state index is 0.110. The average molecular weight is 376 g/mol. The quantitative estimate of drug-likeness (QED) is 0.753. The lowest BCUT2D eigenvalue weighted by molar-refractivity contribution is -0.108. The first-order valence-electron chi connectivity index (χ1n) is 8.50. The number of carbonyl (C=O) groups excluding carboxylic acids is 1. The molecule has 2 aromatic rings. The summed E-state index contributed by atoms with van der Waals surface area (Å²) in [6, 6.07) is 3.80. The van der Waals surface area contributed by atoms with Gasteiger partial charge in [0, 0.05) is 38.6 Å². The molecule has 2 N–H and O–H groups in total. The highest BCUT2D eigenvalue weighted by molar-refractivity contribution is 6.30. The fraction of sp³-hybridized carbons (Fsp3) is 0.389. The van der Waals surface area contributed by atoms with Gasteiger partial charge in [-0.25, -0.2) is 9.97 Å². The van der Waals surface area contributed by atoms with Crippen molar-refractivity contribution in [3.8, 4) is 0 Å². The number of anilines is 4. The summed E-state index contributed by atoms with van der Waals surface area (Å²) in [5, 5.41) is 6.88. The fourth-order valence-electron chi connectivity index (χ4n) is 3.01. The highest BCUT2D eigenvalue weighted by atomic mass is 35.5. The number of nitrogens with one attached hydrogen (secondary N) is 2. The van der Waals surface area contributed by atoms with Crippen LogP contribution in [0.15, 0.2) is 24.5 Å². The lowest BCUT2D eigenvalue weighted by Crippen LogP contribution is -2.39. The summed E-state index contributed by atoms with van der Waals surface area (Å²) in [6.07, 6.45) is 5.79. The predicted octanol–water partition coefficient (Wildman–Crippen LogP) is 3.37. The SMILES string of the molecule is CNc1cnc(Nc2ncc(Cl)cc2C)cc1N(C=O)C1CCOCC1. The van der Waals surface area contributed by atoms with Crippen molar-refractivity contribution in [2.24, 2.45) is 0 Å². The Bertz CT molecular complexity index is 780. The molecule has 0 unspecified atom stereocenters. The number of hydrogen-bond donors (Lipinski definition) is 2. The Morgan fingerprint density at radius 2 is 2.04 bits per heavy atom. The van der Waals surface area contributed by atoms with E-state index in [9.17, 15) is 4.79 Å². The average Bonchev–Trinajstić information content (AvgIpc) is 2.66. The van der Waals surface area contributed by atoms with E-state index in [2.05, 4.69) is 20.6 Å². The molecular weight excluding hydrogens is 354 g/mol. The Kier molecular flexibility index (Phi) is 5.90. The fourth-order valence-corrected chi connectivity index (χ4v) is 3.23. The molecule has 7 nitrogen and oxygen atoms in total. The number of amides is 1. The Morgan fingerprint density at radius 3 is 2.69 bits per heavy atom. The Hall–Kier alpha value is -2.38. The molecule has 0 saturated carbocycles. The third-order valence-electron chi connectivity index (χ3n) is 4.42. The van der Waals surface area contributed by atoms with Crippen LogP contribution in [0.4, 0.5) is 23.0 Å². The van der Waals surface area contributed by atoms with Crippen molar-refractivity contribution < 1.29 is 9.53 Å². The first-order chi connectivity index (χ1) is 12.6. The van der Waals surface area contributed by atoms with Crippen molar-refractivity contribution in [3.63, 3.8) is 0 Å². The van der Waals surface area contributed by atoms with E-state index in [0.29, 0.717) is 29.9 Å². The van der Waals surface area contributed by atoms with Crippen molar-refractivity contribution in [3.05, 3.63) is 35.1 Å². The molecular formula is C18H22ClN5O2. The van der Waals surface area contributed by atoms with Crippen LogP contribution >= 0.6 is 11.6 Å². The van der Waals surface area contributed by atoms with Crippen molar-refractivity contribution in [1.29, 1.82) is 0 Å². The molecule has 3 rings (SSSR count). The van der Waals surface area contributed by atoms with Gasteiger partial charge in [0.15, 0.2) is 0 Å². The third-order valence-corrected chi connectivity index (χ3v) is 4.63. The summed E-state index contributed by atoms with van der Waals surface area (Å²) < 4.78 is 5.41. The largest absolute Gasteiger partial charge is 0.385 e. The molecule has 1 aliphatic heterocycles. The lowest BCUT2D eigenvalue weighted by atomic mass is 10.1. The second-order valence-corrected chi connectivity index (χ2v) is 6.57. The molecule has 0 aliphatic carbocycles. The van der Waals surface area contributed by atoms with Crippen LogP contribution in [0, 0.1) is 6.92 Å². The van der Waals surface area contributed by atoms with Gasteiger partial charge < -0.3 is 20.3 Å². The van der Waals surface area contributed by atoms with Crippen LogP contribution < -0.4 is 15.5 Å². The number of aromatic nitrogens is 2. The van der Waals surface area contributed by atoms with Gasteiger partial charge in [-0.2, -0.15) is 0 Å². The minimum atomic E-state index is 0.110. The number of ether oxygens (including phenoxy) is 1. The second kappa shape index (κ2) is 8.33. The Balaban J connectivity index is 1.91. The molecule has 1 aliphatic rings. The molecule has 2 aromatic heterocycles. The third kappa shape index (κ3) is 4.05. The summed E-state index contributed by atoms with van der Waals surface area (Å²) in [5.41, 5.74) is 2.48. The minimum Gasteiger partial charge on any atom is -0.385 e. The van der Waals surface area contributed by atoms with Gasteiger partial charge in [-0.15, -0.1) is 0 Å². The number of rotatable bonds is 6. The van der Waals surface area contributed by atoms with Crippen LogP contribution in [0.1, 0.15) is 18.4 Å². The molecule has 0 spiro atoms. The van der Waals surface area contributed by atoms with Gasteiger partial charge in [-0.1, -0.05) is 11.6 Å². The number of carbonyl (C=O) groups is 1. The highest BCUT2D eigenvalue weighted by Gasteiger charge is 2.24. The Labute approximate surface area is 157 Å². The van der Waals surface area contributed by atoms with Crippen LogP contribution in [0.2, 0.25) is 5.02 Å². The van der Waals surface area contributed by atoms with E-state index >= 15 is 0 Å². The second-order valence-electron chi connectivity index (χ2n) is 6.14. The molecule has 138 valence electrons. The molecule has 1 amide bonds. The van der Waals surface area contributed by atoms with E-state index in [-0.39, 0.29) is 6.04 Å². The number of hydrogen-bond acceptors (Lipinski definition) is 6. The maximum absolute atomic E-state index is 11.8. The van der Waals surface area contributed by atoms with Crippen molar-refractivity contribution >= 4 is 41.0 Å². The van der Waals surface area contributed by atoms with E-state index in [4.69, 9.17) is 16.3 Å². The van der Waals surface area contributed by atoms with Crippen LogP contribution in [0.3, 0.4) is 0 Å². The van der Waals surface area contributed by atoms with E-state index in [1.54, 1.807) is 17.3 Å². The van der Waals surface area contributed by atoms with Gasteiger partial charge in [0.05, 0.1) is 22.6 Å². The molecule has 0 radical (unpaired) electrons. The van der Waals surface area contributed by atoms with Crippen molar-refractivity contribution in [2.75, 3.05) is 35.8 Å². The van der Waals surface area contributed by atoms with Crippen LogP contribution in [0.25, 0.3) is 0 Å². The molecule has 0 aromatic carbocycles. The summed E-state index contributed by atoms with van der Waals surface area (Å²) >= 11 is 5.96. The van der Waals surface area contributed by atoms with Crippen molar-refractivity contribution in [2.45, 2.75) is 25.8 Å². The van der Waals surface area contributed by atoms with Gasteiger partial charge in [-0.05, 0) is 31.4 Å². The van der Waals surface area contributed by atoms with E-state index in [0.717, 1.165) is 36.2 Å². The summed E-state index contributed by atoms with van der Waals surface area (Å²) in [7, 11) is 1.81. The number of nitrogens with zero attached hydrogens (tertiary/aromatic N) is 3. The van der Waals surface area contributed by atoms with E-state index in [1.807, 2.05) is 26.1 Å². The molecule has 3 heterocycles. The van der Waals surface area contributed by atoms with Crippen LogP contribution in [-0.2, 0) is 9.53 Å². The van der Waals surface area contributed by atoms with Gasteiger partial charge >= 0.3 is 0 Å². The molecule has 1 fully saturated rings. The zero-order chi connectivity index (χ0) is 18.5. The Morgan fingerprint density at radius 1 is 1.27 bits per heavy atom. The van der Waals surface area contributed by atoms with E-state index < -0.39 is 0 Å². The highest BCUT2D eigenvalue weighted by Crippen LogP contribution is 2.31. The lowest BCUT2D eigenvalue weighted by Gasteiger charge is -2.32. The standard InChI is InChI=1S/C18H22ClN5O2/c1-12-7-13(19)9-22-18(12)23-17-8-16(15(20-2)10-21-17)24(11-25)14-3-5-26-6-4-14/h7-11,14,20H,3-6H2,1-2H3,(H,21,22,23). The zero-order valence-electron chi connectivity index (χ0n) is 14.8. The summed E-state index contributed by atoms with van der Waals surface area (Å²) in [4.78, 5) is 22.3. The molecule has 0 atom stereocenters. The van der Waals surface area contributed by atoms with Gasteiger partial charge in [0.2, 0.25) is 6.41 Å². The molecule has 1 saturated heterocycles. The molecule has 0 bridgehead atoms. The zero-order valence-corrected chi connectivity index (χ0v) is 15.6. The normalized spacial score (nSPS) is 14.7. The van der Waals surface area contributed by atoms with Crippen LogP contribution in [0.5, 0.6) is 0 Å². The first kappa shape index (κ1) is 18.4. The summed E-state index contributed by atoms with van der Waals surface area (Å²) in [5.74, 6) is 1.28. The number of halogens is 1. The maximum Gasteiger partial charge on any atom is 0.214 e. The number of pyridine rings is 2. The van der Waals surface area contributed by atoms with Gasteiger partial charge in [0.25, 0.3) is 0 Å². The van der Waals surface area contributed by atoms with Gasteiger partial charge in [-0.3, -0.25) is 4.79 Å². The molecule has 8 heteroatoms. The maximum atomic E-state index is 11.8. The molecule has 26 heavy (non-hydrogen) atoms. The predicted molar refractivity (Wildman–Crippen MR) is 103 cm³/mol. The number of aryl methyl sites for hydroxylation is 1. The summed E-state index contributed by atoms with van der Waals surface area (Å²) in [6.45, 7) is 3.24.